The van der Waals surface area contributed by atoms with Crippen molar-refractivity contribution in [2.75, 3.05) is 7.05 Å². The molecule has 0 saturated carbocycles. The summed E-state index contributed by atoms with van der Waals surface area (Å²) in [5.41, 5.74) is 2.00. The molecule has 0 unspecified atom stereocenters. The first-order chi connectivity index (χ1) is 11.3. The highest BCUT2D eigenvalue weighted by Gasteiger charge is 2.21. The van der Waals surface area contributed by atoms with Crippen LogP contribution in [0.25, 0.3) is 5.78 Å². The Morgan fingerprint density at radius 1 is 1.33 bits per heavy atom. The van der Waals surface area contributed by atoms with Gasteiger partial charge >= 0.3 is 12.0 Å². The zero-order valence-corrected chi connectivity index (χ0v) is 13.8. The Balaban J connectivity index is 2.07. The second-order valence-electron chi connectivity index (χ2n) is 5.11. The summed E-state index contributed by atoms with van der Waals surface area (Å²) >= 11 is 0. The number of urea groups is 1. The number of nitrogens with zero attached hydrogens (tertiary/aromatic N) is 4. The molecule has 0 aliphatic rings. The third kappa shape index (κ3) is 3.65. The second-order valence-corrected chi connectivity index (χ2v) is 5.11. The number of aromatic nitrogens is 4. The lowest BCUT2D eigenvalue weighted by atomic mass is 10.1. The van der Waals surface area contributed by atoms with Crippen molar-refractivity contribution in [3.63, 3.8) is 0 Å². The predicted molar refractivity (Wildman–Crippen MR) is 82.1 cm³/mol. The van der Waals surface area contributed by atoms with Crippen LogP contribution in [0, 0.1) is 13.8 Å². The number of carbonyl (C=O) groups excluding carboxylic acids is 3. The van der Waals surface area contributed by atoms with E-state index in [1.165, 1.54) is 24.8 Å². The van der Waals surface area contributed by atoms with Gasteiger partial charge < -0.3 is 10.1 Å². The van der Waals surface area contributed by atoms with Crippen molar-refractivity contribution in [3.05, 3.63) is 23.3 Å². The maximum atomic E-state index is 12.1. The Bertz CT molecular complexity index is 800. The molecule has 0 aliphatic carbocycles. The number of imide groups is 1. The lowest BCUT2D eigenvalue weighted by molar-refractivity contribution is -0.153. The Labute approximate surface area is 137 Å². The summed E-state index contributed by atoms with van der Waals surface area (Å²) in [5, 5.41) is 8.32. The van der Waals surface area contributed by atoms with Crippen LogP contribution in [0.15, 0.2) is 6.33 Å². The van der Waals surface area contributed by atoms with E-state index in [1.54, 1.807) is 13.8 Å². The van der Waals surface area contributed by atoms with Gasteiger partial charge in [0.05, 0.1) is 6.42 Å². The molecule has 0 aliphatic heterocycles. The van der Waals surface area contributed by atoms with E-state index in [0.717, 1.165) is 5.69 Å². The van der Waals surface area contributed by atoms with Gasteiger partial charge in [-0.15, -0.1) is 0 Å². The molecule has 10 heteroatoms. The van der Waals surface area contributed by atoms with E-state index in [9.17, 15) is 14.4 Å². The number of rotatable bonds is 4. The molecule has 2 aromatic heterocycles. The minimum atomic E-state index is -1.10. The summed E-state index contributed by atoms with van der Waals surface area (Å²) in [5.74, 6) is -0.872. The monoisotopic (exact) mass is 334 g/mol. The molecule has 2 rings (SSSR count). The predicted octanol–water partition coefficient (Wildman–Crippen LogP) is -0.329. The first-order valence-corrected chi connectivity index (χ1v) is 7.21. The van der Waals surface area contributed by atoms with Gasteiger partial charge in [-0.2, -0.15) is 10.1 Å². The third-order valence-electron chi connectivity index (χ3n) is 3.45. The van der Waals surface area contributed by atoms with E-state index in [0.29, 0.717) is 17.0 Å². The maximum Gasteiger partial charge on any atom is 0.321 e. The largest absolute Gasteiger partial charge is 0.452 e. The molecule has 2 N–H and O–H groups in total. The molecule has 0 spiro atoms. The van der Waals surface area contributed by atoms with Crippen molar-refractivity contribution in [2.24, 2.45) is 0 Å². The van der Waals surface area contributed by atoms with E-state index in [1.807, 2.05) is 5.32 Å². The van der Waals surface area contributed by atoms with Crippen LogP contribution in [-0.4, -0.2) is 50.6 Å². The van der Waals surface area contributed by atoms with Crippen LogP contribution in [0.2, 0.25) is 0 Å². The van der Waals surface area contributed by atoms with Gasteiger partial charge in [-0.3, -0.25) is 14.9 Å². The molecule has 0 bridgehead atoms. The average Bonchev–Trinajstić information content (AvgIpc) is 2.99. The van der Waals surface area contributed by atoms with Gasteiger partial charge in [0.2, 0.25) is 0 Å². The summed E-state index contributed by atoms with van der Waals surface area (Å²) in [7, 11) is 1.37. The van der Waals surface area contributed by atoms with Crippen molar-refractivity contribution in [1.82, 2.24) is 30.2 Å². The fourth-order valence-corrected chi connectivity index (χ4v) is 2.12. The molecule has 2 heterocycles. The Morgan fingerprint density at radius 3 is 2.71 bits per heavy atom. The van der Waals surface area contributed by atoms with Crippen molar-refractivity contribution in [1.29, 1.82) is 0 Å². The fraction of sp³-hybridized carbons (Fsp3) is 0.429. The number of esters is 1. The van der Waals surface area contributed by atoms with E-state index in [2.05, 4.69) is 20.4 Å². The molecule has 2 aromatic rings. The van der Waals surface area contributed by atoms with Crippen molar-refractivity contribution in [3.8, 4) is 0 Å². The number of hydrogen-bond acceptors (Lipinski definition) is 7. The smallest absolute Gasteiger partial charge is 0.321 e. The number of nitrogens with one attached hydrogen (secondary N) is 2. The zero-order chi connectivity index (χ0) is 17.9. The molecule has 24 heavy (non-hydrogen) atoms. The minimum absolute atomic E-state index is 0.0714. The van der Waals surface area contributed by atoms with E-state index in [-0.39, 0.29) is 6.42 Å². The quantitative estimate of drug-likeness (QED) is 0.733. The Hall–Kier alpha value is -3.04. The van der Waals surface area contributed by atoms with Crippen LogP contribution >= 0.6 is 0 Å². The number of ether oxygens (including phenoxy) is 1. The Morgan fingerprint density at radius 2 is 2.04 bits per heavy atom. The van der Waals surface area contributed by atoms with Crippen LogP contribution in [0.4, 0.5) is 4.79 Å². The number of fused-ring (bicyclic) bond motifs is 1. The van der Waals surface area contributed by atoms with Crippen LogP contribution in [0.3, 0.4) is 0 Å². The highest BCUT2D eigenvalue weighted by molar-refractivity contribution is 5.97. The molecule has 10 nitrogen and oxygen atoms in total. The first-order valence-electron chi connectivity index (χ1n) is 7.21. The molecule has 0 fully saturated rings. The van der Waals surface area contributed by atoms with Crippen LogP contribution in [-0.2, 0) is 20.7 Å². The second kappa shape index (κ2) is 7.02. The van der Waals surface area contributed by atoms with Gasteiger partial charge in [0, 0.05) is 24.0 Å². The van der Waals surface area contributed by atoms with Gasteiger partial charge in [0.15, 0.2) is 6.10 Å². The molecule has 0 saturated heterocycles. The number of aryl methyl sites for hydroxylation is 2. The minimum Gasteiger partial charge on any atom is -0.452 e. The van der Waals surface area contributed by atoms with Crippen LogP contribution in [0.1, 0.15) is 23.9 Å². The lowest BCUT2D eigenvalue weighted by Gasteiger charge is -2.14. The van der Waals surface area contributed by atoms with Gasteiger partial charge in [-0.25, -0.2) is 14.3 Å². The summed E-state index contributed by atoms with van der Waals surface area (Å²) in [4.78, 5) is 43.1. The van der Waals surface area contributed by atoms with Crippen LogP contribution < -0.4 is 10.6 Å². The summed E-state index contributed by atoms with van der Waals surface area (Å²) < 4.78 is 6.59. The molecular weight excluding hydrogens is 316 g/mol. The fourth-order valence-electron chi connectivity index (χ4n) is 2.12. The standard InChI is InChI=1S/C14H18N6O4/c1-7-10(8(2)20-13(18-7)16-6-17-20)5-11(21)24-9(3)12(22)19-14(23)15-4/h6,9H,5H2,1-4H3,(H2,15,19,22,23)/t9-/m1/s1. The van der Waals surface area contributed by atoms with Crippen molar-refractivity contribution in [2.45, 2.75) is 33.3 Å². The molecular formula is C14H18N6O4. The number of carbonyl (C=O) groups is 3. The maximum absolute atomic E-state index is 12.1. The average molecular weight is 334 g/mol. The topological polar surface area (TPSA) is 128 Å². The Kier molecular flexibility index (Phi) is 5.07. The molecule has 128 valence electrons. The molecule has 1 atom stereocenters. The molecule has 0 aromatic carbocycles. The third-order valence-corrected chi connectivity index (χ3v) is 3.45. The van der Waals surface area contributed by atoms with Gasteiger partial charge in [0.25, 0.3) is 11.7 Å². The lowest BCUT2D eigenvalue weighted by Crippen LogP contribution is -2.43. The molecule has 0 radical (unpaired) electrons. The SMILES string of the molecule is CNC(=O)NC(=O)[C@@H](C)OC(=O)Cc1c(C)nc2ncnn2c1C. The zero-order valence-electron chi connectivity index (χ0n) is 13.8. The van der Waals surface area contributed by atoms with E-state index in [4.69, 9.17) is 4.74 Å². The number of hydrogen-bond donors (Lipinski definition) is 2. The molecule has 3 amide bonds. The highest BCUT2D eigenvalue weighted by atomic mass is 16.5. The normalized spacial score (nSPS) is 11.8. The van der Waals surface area contributed by atoms with Crippen molar-refractivity contribution < 1.29 is 19.1 Å². The first kappa shape index (κ1) is 17.3. The van der Waals surface area contributed by atoms with Crippen molar-refractivity contribution >= 4 is 23.7 Å². The summed E-state index contributed by atoms with van der Waals surface area (Å²) in [6, 6.07) is -0.671. The summed E-state index contributed by atoms with van der Waals surface area (Å²) in [6.45, 7) is 4.93. The van der Waals surface area contributed by atoms with Gasteiger partial charge in [-0.1, -0.05) is 0 Å². The summed E-state index contributed by atoms with van der Waals surface area (Å²) in [6.07, 6.45) is 0.207. The number of amides is 3. The van der Waals surface area contributed by atoms with Gasteiger partial charge in [-0.05, 0) is 20.8 Å². The van der Waals surface area contributed by atoms with Gasteiger partial charge in [0.1, 0.15) is 6.33 Å². The van der Waals surface area contributed by atoms with E-state index >= 15 is 0 Å². The van der Waals surface area contributed by atoms with E-state index < -0.39 is 24.0 Å². The highest BCUT2D eigenvalue weighted by Crippen LogP contribution is 2.14. The van der Waals surface area contributed by atoms with Crippen LogP contribution in [0.5, 0.6) is 0 Å².